The fraction of sp³-hybridized carbons (Fsp3) is 0.533. The summed E-state index contributed by atoms with van der Waals surface area (Å²) in [6.45, 7) is 0. The van der Waals surface area contributed by atoms with E-state index in [9.17, 15) is 4.79 Å². The van der Waals surface area contributed by atoms with Gasteiger partial charge in [-0.2, -0.15) is 0 Å². The van der Waals surface area contributed by atoms with Crippen molar-refractivity contribution in [3.63, 3.8) is 0 Å². The van der Waals surface area contributed by atoms with E-state index in [0.717, 1.165) is 30.7 Å². The molecule has 98 valence electrons. The SMILES string of the molecule is O=C(O)CC1(CCc2ccc(Cl)cc2)CCCC1. The van der Waals surface area contributed by atoms with Crippen LogP contribution in [0.1, 0.15) is 44.1 Å². The molecule has 1 N–H and O–H groups in total. The molecule has 0 radical (unpaired) electrons. The zero-order valence-electron chi connectivity index (χ0n) is 10.5. The third kappa shape index (κ3) is 3.49. The second kappa shape index (κ2) is 5.75. The molecule has 1 fully saturated rings. The molecule has 0 aromatic heterocycles. The van der Waals surface area contributed by atoms with Crippen LogP contribution in [0.15, 0.2) is 24.3 Å². The fourth-order valence-corrected chi connectivity index (χ4v) is 3.15. The lowest BCUT2D eigenvalue weighted by Gasteiger charge is -2.27. The molecule has 0 atom stereocenters. The van der Waals surface area contributed by atoms with Gasteiger partial charge in [0, 0.05) is 5.02 Å². The number of hydrogen-bond acceptors (Lipinski definition) is 1. The van der Waals surface area contributed by atoms with E-state index >= 15 is 0 Å². The molecule has 1 aromatic carbocycles. The smallest absolute Gasteiger partial charge is 0.303 e. The molecule has 2 rings (SSSR count). The van der Waals surface area contributed by atoms with E-state index in [1.165, 1.54) is 18.4 Å². The third-order valence-electron chi connectivity index (χ3n) is 4.05. The number of rotatable bonds is 5. The van der Waals surface area contributed by atoms with Gasteiger partial charge < -0.3 is 5.11 Å². The molecule has 1 aliphatic carbocycles. The first kappa shape index (κ1) is 13.4. The maximum Gasteiger partial charge on any atom is 0.303 e. The Bertz CT molecular complexity index is 405. The molecule has 1 saturated carbocycles. The van der Waals surface area contributed by atoms with E-state index in [-0.39, 0.29) is 5.41 Å². The van der Waals surface area contributed by atoms with Gasteiger partial charge in [-0.05, 0) is 48.8 Å². The third-order valence-corrected chi connectivity index (χ3v) is 4.30. The molecule has 18 heavy (non-hydrogen) atoms. The summed E-state index contributed by atoms with van der Waals surface area (Å²) in [6.07, 6.45) is 6.72. The maximum absolute atomic E-state index is 11.0. The summed E-state index contributed by atoms with van der Waals surface area (Å²) in [6, 6.07) is 7.86. The minimum absolute atomic E-state index is 0.0332. The Morgan fingerprint density at radius 3 is 2.39 bits per heavy atom. The topological polar surface area (TPSA) is 37.3 Å². The number of benzene rings is 1. The van der Waals surface area contributed by atoms with Crippen LogP contribution in [0.2, 0.25) is 5.02 Å². The van der Waals surface area contributed by atoms with Crippen LogP contribution >= 0.6 is 11.6 Å². The highest BCUT2D eigenvalue weighted by molar-refractivity contribution is 6.30. The molecule has 0 bridgehead atoms. The van der Waals surface area contributed by atoms with E-state index in [1.54, 1.807) is 0 Å². The molecule has 0 unspecified atom stereocenters. The fourth-order valence-electron chi connectivity index (χ4n) is 3.02. The monoisotopic (exact) mass is 266 g/mol. The van der Waals surface area contributed by atoms with Gasteiger partial charge in [-0.15, -0.1) is 0 Å². The number of halogens is 1. The van der Waals surface area contributed by atoms with Gasteiger partial charge in [0.25, 0.3) is 0 Å². The Morgan fingerprint density at radius 1 is 1.22 bits per heavy atom. The molecule has 0 amide bonds. The Labute approximate surface area is 113 Å². The van der Waals surface area contributed by atoms with E-state index < -0.39 is 5.97 Å². The summed E-state index contributed by atoms with van der Waals surface area (Å²) in [5.74, 6) is -0.659. The summed E-state index contributed by atoms with van der Waals surface area (Å²) in [5.41, 5.74) is 1.28. The van der Waals surface area contributed by atoms with Crippen molar-refractivity contribution in [3.05, 3.63) is 34.9 Å². The zero-order valence-corrected chi connectivity index (χ0v) is 11.2. The number of aryl methyl sites for hydroxylation is 1. The quantitative estimate of drug-likeness (QED) is 0.862. The predicted molar refractivity (Wildman–Crippen MR) is 72.9 cm³/mol. The molecule has 2 nitrogen and oxygen atoms in total. The summed E-state index contributed by atoms with van der Waals surface area (Å²) in [4.78, 5) is 11.0. The molecule has 1 aliphatic rings. The highest BCUT2D eigenvalue weighted by Gasteiger charge is 2.35. The Balaban J connectivity index is 1.97. The molecule has 0 spiro atoms. The number of carboxylic acid groups (broad SMARTS) is 1. The normalized spacial score (nSPS) is 17.8. The van der Waals surface area contributed by atoms with Gasteiger partial charge in [-0.1, -0.05) is 36.6 Å². The predicted octanol–water partition coefficient (Wildman–Crippen LogP) is 4.31. The summed E-state index contributed by atoms with van der Waals surface area (Å²) >= 11 is 5.86. The lowest BCUT2D eigenvalue weighted by atomic mass is 9.78. The molecule has 0 saturated heterocycles. The van der Waals surface area contributed by atoms with Gasteiger partial charge in [-0.25, -0.2) is 0 Å². The van der Waals surface area contributed by atoms with Crippen LogP contribution in [0.5, 0.6) is 0 Å². The van der Waals surface area contributed by atoms with E-state index in [2.05, 4.69) is 0 Å². The lowest BCUT2D eigenvalue weighted by molar-refractivity contribution is -0.139. The Morgan fingerprint density at radius 2 is 1.83 bits per heavy atom. The molecule has 0 aliphatic heterocycles. The minimum atomic E-state index is -0.659. The zero-order chi connectivity index (χ0) is 13.0. The number of aliphatic carboxylic acids is 1. The van der Waals surface area contributed by atoms with Crippen LogP contribution in [0.4, 0.5) is 0 Å². The van der Waals surface area contributed by atoms with Crippen molar-refractivity contribution in [1.29, 1.82) is 0 Å². The minimum Gasteiger partial charge on any atom is -0.481 e. The molecule has 3 heteroatoms. The summed E-state index contributed by atoms with van der Waals surface area (Å²) < 4.78 is 0. The van der Waals surface area contributed by atoms with Crippen molar-refractivity contribution in [2.24, 2.45) is 5.41 Å². The van der Waals surface area contributed by atoms with Crippen LogP contribution in [0, 0.1) is 5.41 Å². The number of carboxylic acids is 1. The summed E-state index contributed by atoms with van der Waals surface area (Å²) in [7, 11) is 0. The first-order valence-electron chi connectivity index (χ1n) is 6.56. The average Bonchev–Trinajstić information content (AvgIpc) is 2.76. The van der Waals surface area contributed by atoms with Crippen LogP contribution in [-0.2, 0) is 11.2 Å². The first-order chi connectivity index (χ1) is 8.60. The number of carbonyl (C=O) groups is 1. The van der Waals surface area contributed by atoms with Gasteiger partial charge in [0.05, 0.1) is 6.42 Å². The average molecular weight is 267 g/mol. The van der Waals surface area contributed by atoms with Crippen LogP contribution in [-0.4, -0.2) is 11.1 Å². The lowest BCUT2D eigenvalue weighted by Crippen LogP contribution is -2.21. The van der Waals surface area contributed by atoms with Gasteiger partial charge >= 0.3 is 5.97 Å². The van der Waals surface area contributed by atoms with Crippen molar-refractivity contribution in [2.45, 2.75) is 44.9 Å². The van der Waals surface area contributed by atoms with Crippen molar-refractivity contribution >= 4 is 17.6 Å². The highest BCUT2D eigenvalue weighted by Crippen LogP contribution is 2.44. The molecular weight excluding hydrogens is 248 g/mol. The van der Waals surface area contributed by atoms with E-state index in [4.69, 9.17) is 16.7 Å². The Hall–Kier alpha value is -1.02. The van der Waals surface area contributed by atoms with Gasteiger partial charge in [0.2, 0.25) is 0 Å². The second-order valence-electron chi connectivity index (χ2n) is 5.40. The van der Waals surface area contributed by atoms with Crippen molar-refractivity contribution in [1.82, 2.24) is 0 Å². The van der Waals surface area contributed by atoms with Crippen LogP contribution in [0.3, 0.4) is 0 Å². The maximum atomic E-state index is 11.0. The molecule has 0 heterocycles. The number of hydrogen-bond donors (Lipinski definition) is 1. The Kier molecular flexibility index (Phi) is 4.28. The van der Waals surface area contributed by atoms with Gasteiger partial charge in [0.15, 0.2) is 0 Å². The summed E-state index contributed by atoms with van der Waals surface area (Å²) in [5, 5.41) is 9.81. The van der Waals surface area contributed by atoms with Gasteiger partial charge in [-0.3, -0.25) is 4.79 Å². The largest absolute Gasteiger partial charge is 0.481 e. The molecule has 1 aromatic rings. The first-order valence-corrected chi connectivity index (χ1v) is 6.94. The van der Waals surface area contributed by atoms with Crippen LogP contribution < -0.4 is 0 Å². The highest BCUT2D eigenvalue weighted by atomic mass is 35.5. The van der Waals surface area contributed by atoms with E-state index in [1.807, 2.05) is 24.3 Å². The second-order valence-corrected chi connectivity index (χ2v) is 5.84. The van der Waals surface area contributed by atoms with Crippen molar-refractivity contribution < 1.29 is 9.90 Å². The van der Waals surface area contributed by atoms with Crippen molar-refractivity contribution in [2.75, 3.05) is 0 Å². The van der Waals surface area contributed by atoms with Crippen LogP contribution in [0.25, 0.3) is 0 Å². The van der Waals surface area contributed by atoms with Gasteiger partial charge in [0.1, 0.15) is 0 Å². The van der Waals surface area contributed by atoms with Crippen molar-refractivity contribution in [3.8, 4) is 0 Å². The molecular formula is C15H19ClO2. The van der Waals surface area contributed by atoms with E-state index in [0.29, 0.717) is 6.42 Å². The standard InChI is InChI=1S/C15H19ClO2/c16-13-5-3-12(4-6-13)7-10-15(11-14(17)18)8-1-2-9-15/h3-6H,1-2,7-11H2,(H,17,18).